The van der Waals surface area contributed by atoms with Crippen molar-refractivity contribution in [3.05, 3.63) is 52.3 Å². The summed E-state index contributed by atoms with van der Waals surface area (Å²) in [5, 5.41) is 11.5. The number of aryl methyl sites for hydroxylation is 1. The molecule has 1 fully saturated rings. The summed E-state index contributed by atoms with van der Waals surface area (Å²) in [6, 6.07) is 4.77. The molecule has 1 aliphatic rings. The molecule has 0 spiro atoms. The van der Waals surface area contributed by atoms with E-state index in [2.05, 4.69) is 25.0 Å². The van der Waals surface area contributed by atoms with Gasteiger partial charge in [-0.2, -0.15) is 0 Å². The number of aliphatic imine (C=N–C) groups is 2. The van der Waals surface area contributed by atoms with Gasteiger partial charge in [0, 0.05) is 24.3 Å². The number of carbonyl (C=O) groups is 4. The number of esters is 1. The maximum absolute atomic E-state index is 13.4. The number of imide groups is 1. The van der Waals surface area contributed by atoms with Gasteiger partial charge in [-0.15, -0.1) is 0 Å². The monoisotopic (exact) mass is 540 g/mol. The molecule has 1 saturated carbocycles. The third kappa shape index (κ3) is 7.29. The van der Waals surface area contributed by atoms with Crippen LogP contribution in [0.25, 0.3) is 0 Å². The zero-order valence-electron chi connectivity index (χ0n) is 22.0. The summed E-state index contributed by atoms with van der Waals surface area (Å²) in [7, 11) is 0. The number of hydrogen-bond donors (Lipinski definition) is 4. The highest BCUT2D eigenvalue weighted by atomic mass is 16.7. The number of aromatic amines is 1. The van der Waals surface area contributed by atoms with Crippen molar-refractivity contribution < 1.29 is 33.8 Å². The lowest BCUT2D eigenvalue weighted by atomic mass is 10.1. The largest absolute Gasteiger partial charge is 0.426 e. The van der Waals surface area contributed by atoms with E-state index in [0.717, 1.165) is 23.2 Å². The van der Waals surface area contributed by atoms with E-state index in [1.807, 2.05) is 13.8 Å². The predicted octanol–water partition coefficient (Wildman–Crippen LogP) is 2.07. The van der Waals surface area contributed by atoms with Gasteiger partial charge in [-0.3, -0.25) is 9.59 Å². The number of amidine groups is 1. The van der Waals surface area contributed by atoms with Gasteiger partial charge in [0.2, 0.25) is 6.79 Å². The molecule has 2 aromatic rings. The van der Waals surface area contributed by atoms with Crippen molar-refractivity contribution in [1.29, 1.82) is 0 Å². The molecule has 39 heavy (non-hydrogen) atoms. The molecule has 5 N–H and O–H groups in total. The Hall–Kier alpha value is -4.52. The quantitative estimate of drug-likeness (QED) is 0.152. The standard InChI is InChI=1S/C26H32N6O7/c1-4-9-28-24(35)17-6-5-15(2)20(10-17)31-23(30-13-27)22-16(3)19(11-29-22)25(36)32(18-7-8-18)26(37)39-14-38-21(34)12-33/h5-6,10-11,13,18,29,33H,4,7-9,12,14H2,1-3H3,(H,28,35)(H2,27,30,31). The van der Waals surface area contributed by atoms with Crippen molar-refractivity contribution in [2.24, 2.45) is 15.7 Å². The number of aliphatic hydroxyl groups is 1. The number of H-pyrrole nitrogens is 1. The summed E-state index contributed by atoms with van der Waals surface area (Å²) >= 11 is 0. The number of nitrogens with one attached hydrogen (secondary N) is 2. The summed E-state index contributed by atoms with van der Waals surface area (Å²) in [5.74, 6) is -1.63. The van der Waals surface area contributed by atoms with Gasteiger partial charge in [0.15, 0.2) is 5.84 Å². The minimum atomic E-state index is -0.974. The van der Waals surface area contributed by atoms with Crippen molar-refractivity contribution in [1.82, 2.24) is 15.2 Å². The molecule has 0 bridgehead atoms. The lowest BCUT2D eigenvalue weighted by molar-refractivity contribution is -0.155. The Labute approximate surface area is 225 Å². The molecule has 0 saturated heterocycles. The van der Waals surface area contributed by atoms with Crippen molar-refractivity contribution in [2.45, 2.75) is 46.1 Å². The van der Waals surface area contributed by atoms with Gasteiger partial charge < -0.3 is 30.6 Å². The number of nitrogens with two attached hydrogens (primary N) is 1. The predicted molar refractivity (Wildman–Crippen MR) is 142 cm³/mol. The van der Waals surface area contributed by atoms with Gasteiger partial charge in [0.1, 0.15) is 6.61 Å². The van der Waals surface area contributed by atoms with Crippen molar-refractivity contribution in [3.63, 3.8) is 0 Å². The molecule has 3 rings (SSSR count). The van der Waals surface area contributed by atoms with Crippen LogP contribution in [0.4, 0.5) is 10.5 Å². The van der Waals surface area contributed by atoms with E-state index in [1.165, 1.54) is 6.20 Å². The van der Waals surface area contributed by atoms with E-state index in [0.29, 0.717) is 41.9 Å². The molecule has 1 heterocycles. The van der Waals surface area contributed by atoms with Crippen LogP contribution < -0.4 is 11.1 Å². The van der Waals surface area contributed by atoms with Gasteiger partial charge in [0.25, 0.3) is 11.8 Å². The second kappa shape index (κ2) is 13.3. The minimum Gasteiger partial charge on any atom is -0.426 e. The number of aliphatic hydroxyl groups excluding tert-OH is 1. The Balaban J connectivity index is 1.89. The average Bonchev–Trinajstić information content (AvgIpc) is 3.68. The molecule has 1 aromatic heterocycles. The van der Waals surface area contributed by atoms with Crippen LogP contribution in [-0.2, 0) is 14.3 Å². The lowest BCUT2D eigenvalue weighted by Gasteiger charge is -2.19. The highest BCUT2D eigenvalue weighted by Crippen LogP contribution is 2.30. The zero-order valence-corrected chi connectivity index (χ0v) is 22.0. The number of carbonyl (C=O) groups excluding carboxylic acids is 4. The van der Waals surface area contributed by atoms with Crippen molar-refractivity contribution in [2.75, 3.05) is 19.9 Å². The van der Waals surface area contributed by atoms with Crippen molar-refractivity contribution >= 4 is 41.7 Å². The van der Waals surface area contributed by atoms with Gasteiger partial charge in [-0.25, -0.2) is 24.5 Å². The number of benzene rings is 1. The highest BCUT2D eigenvalue weighted by molar-refractivity contribution is 6.09. The molecule has 1 aromatic carbocycles. The smallest absolute Gasteiger partial charge is 0.419 e. The van der Waals surface area contributed by atoms with E-state index >= 15 is 0 Å². The van der Waals surface area contributed by atoms with Crippen LogP contribution in [0.15, 0.2) is 34.4 Å². The zero-order chi connectivity index (χ0) is 28.5. The Kier molecular flexibility index (Phi) is 9.92. The molecule has 0 aliphatic heterocycles. The molecule has 0 radical (unpaired) electrons. The van der Waals surface area contributed by atoms with Gasteiger partial charge in [-0.1, -0.05) is 13.0 Å². The summed E-state index contributed by atoms with van der Waals surface area (Å²) < 4.78 is 9.45. The lowest BCUT2D eigenvalue weighted by Crippen LogP contribution is -2.39. The van der Waals surface area contributed by atoms with E-state index in [9.17, 15) is 19.2 Å². The number of aromatic nitrogens is 1. The third-order valence-corrected chi connectivity index (χ3v) is 5.88. The van der Waals surface area contributed by atoms with Crippen LogP contribution in [0, 0.1) is 13.8 Å². The van der Waals surface area contributed by atoms with Gasteiger partial charge >= 0.3 is 12.1 Å². The number of ether oxygens (including phenoxy) is 2. The molecular weight excluding hydrogens is 508 g/mol. The average molecular weight is 541 g/mol. The maximum Gasteiger partial charge on any atom is 0.419 e. The highest BCUT2D eigenvalue weighted by Gasteiger charge is 2.40. The summed E-state index contributed by atoms with van der Waals surface area (Å²) in [4.78, 5) is 62.2. The fourth-order valence-electron chi connectivity index (χ4n) is 3.62. The van der Waals surface area contributed by atoms with Gasteiger partial charge in [0.05, 0.1) is 23.3 Å². The van der Waals surface area contributed by atoms with Crippen LogP contribution in [0.1, 0.15) is 63.7 Å². The number of amides is 3. The van der Waals surface area contributed by atoms with Crippen molar-refractivity contribution in [3.8, 4) is 0 Å². The fourth-order valence-corrected chi connectivity index (χ4v) is 3.62. The van der Waals surface area contributed by atoms with E-state index < -0.39 is 31.4 Å². The summed E-state index contributed by atoms with van der Waals surface area (Å²) in [6.45, 7) is 4.42. The van der Waals surface area contributed by atoms with Crippen LogP contribution in [-0.4, -0.2) is 77.0 Å². The van der Waals surface area contributed by atoms with Crippen LogP contribution in [0.5, 0.6) is 0 Å². The second-order valence-corrected chi connectivity index (χ2v) is 8.78. The summed E-state index contributed by atoms with van der Waals surface area (Å²) in [5.41, 5.74) is 8.33. The topological polar surface area (TPSA) is 189 Å². The third-order valence-electron chi connectivity index (χ3n) is 5.88. The number of nitrogens with zero attached hydrogens (tertiary/aromatic N) is 3. The summed E-state index contributed by atoms with van der Waals surface area (Å²) in [6.07, 6.45) is 3.55. The van der Waals surface area contributed by atoms with E-state index in [1.54, 1.807) is 25.1 Å². The first kappa shape index (κ1) is 29.0. The molecule has 0 unspecified atom stereocenters. The van der Waals surface area contributed by atoms with E-state index in [4.69, 9.17) is 15.6 Å². The van der Waals surface area contributed by atoms with Crippen LogP contribution >= 0.6 is 0 Å². The molecule has 0 atom stereocenters. The molecule has 13 heteroatoms. The maximum atomic E-state index is 13.4. The van der Waals surface area contributed by atoms with E-state index in [-0.39, 0.29) is 23.3 Å². The first-order valence-corrected chi connectivity index (χ1v) is 12.4. The second-order valence-electron chi connectivity index (χ2n) is 8.78. The molecule has 3 amide bonds. The van der Waals surface area contributed by atoms with Gasteiger partial charge in [-0.05, 0) is 56.4 Å². The SMILES string of the molecule is CCCNC(=O)c1ccc(C)c(N=C(N=CN)c2[nH]cc(C(=O)N(C(=O)OCOC(=O)CO)C3CC3)c2C)c1. The van der Waals surface area contributed by atoms with Crippen LogP contribution in [0.3, 0.4) is 0 Å². The number of hydrogen-bond acceptors (Lipinski definition) is 8. The molecule has 13 nitrogen and oxygen atoms in total. The molecule has 1 aliphatic carbocycles. The Morgan fingerprint density at radius 3 is 2.62 bits per heavy atom. The Morgan fingerprint density at radius 1 is 1.23 bits per heavy atom. The molecule has 208 valence electrons. The fraction of sp³-hybridized carbons (Fsp3) is 0.385. The minimum absolute atomic E-state index is 0.166. The first-order chi connectivity index (χ1) is 18.7. The normalized spacial score (nSPS) is 13.3. The Bertz CT molecular complexity index is 1300. The molecular formula is C26H32N6O7. The van der Waals surface area contributed by atoms with Crippen LogP contribution in [0.2, 0.25) is 0 Å². The number of rotatable bonds is 10. The Morgan fingerprint density at radius 2 is 1.97 bits per heavy atom. The first-order valence-electron chi connectivity index (χ1n) is 12.4.